The fourth-order valence-corrected chi connectivity index (χ4v) is 2.80. The van der Waals surface area contributed by atoms with E-state index in [-0.39, 0.29) is 12.5 Å². The SMILES string of the molecule is Cc1cc(C)n(-c2cc(NCCNC(=O)CN3CCOC3=O)nc(C)n2)n1. The molecule has 0 aliphatic carbocycles. The van der Waals surface area contributed by atoms with Crippen LogP contribution in [0.3, 0.4) is 0 Å². The zero-order valence-corrected chi connectivity index (χ0v) is 15.7. The highest BCUT2D eigenvalue weighted by atomic mass is 16.6. The van der Waals surface area contributed by atoms with Crippen LogP contribution in [0.5, 0.6) is 0 Å². The van der Waals surface area contributed by atoms with Crippen molar-refractivity contribution in [1.82, 2.24) is 30.0 Å². The van der Waals surface area contributed by atoms with Gasteiger partial charge in [-0.25, -0.2) is 19.4 Å². The number of carbonyl (C=O) groups is 2. The minimum absolute atomic E-state index is 0.00746. The molecule has 1 fully saturated rings. The topological polar surface area (TPSA) is 114 Å². The molecule has 0 unspecified atom stereocenters. The summed E-state index contributed by atoms with van der Waals surface area (Å²) in [7, 11) is 0. The van der Waals surface area contributed by atoms with E-state index in [1.54, 1.807) is 4.68 Å². The van der Waals surface area contributed by atoms with Crippen molar-refractivity contribution in [1.29, 1.82) is 0 Å². The van der Waals surface area contributed by atoms with Gasteiger partial charge in [0.15, 0.2) is 5.82 Å². The van der Waals surface area contributed by atoms with Gasteiger partial charge in [-0.05, 0) is 26.8 Å². The normalized spacial score (nSPS) is 13.6. The van der Waals surface area contributed by atoms with Crippen LogP contribution >= 0.6 is 0 Å². The van der Waals surface area contributed by atoms with Gasteiger partial charge in [-0.2, -0.15) is 5.10 Å². The van der Waals surface area contributed by atoms with E-state index in [1.807, 2.05) is 32.9 Å². The molecular formula is C17H23N7O3. The number of nitrogens with zero attached hydrogens (tertiary/aromatic N) is 5. The van der Waals surface area contributed by atoms with Gasteiger partial charge in [0.1, 0.15) is 24.8 Å². The summed E-state index contributed by atoms with van der Waals surface area (Å²) in [5, 5.41) is 10.4. The van der Waals surface area contributed by atoms with Gasteiger partial charge in [0.2, 0.25) is 5.91 Å². The average molecular weight is 373 g/mol. The lowest BCUT2D eigenvalue weighted by Gasteiger charge is -2.13. The van der Waals surface area contributed by atoms with Gasteiger partial charge in [-0.3, -0.25) is 9.69 Å². The second-order valence-corrected chi connectivity index (χ2v) is 6.31. The van der Waals surface area contributed by atoms with Crippen molar-refractivity contribution in [2.75, 3.05) is 38.1 Å². The summed E-state index contributed by atoms with van der Waals surface area (Å²) in [4.78, 5) is 33.3. The molecule has 1 aliphatic rings. The highest BCUT2D eigenvalue weighted by Crippen LogP contribution is 2.13. The molecule has 3 rings (SSSR count). The standard InChI is InChI=1S/C17H23N7O3/c1-11-8-12(2)24(22-11)15-9-14(20-13(3)21-15)18-4-5-19-16(25)10-23-6-7-27-17(23)26/h8-9H,4-7,10H2,1-3H3,(H,19,25)(H,18,20,21). The first kappa shape index (κ1) is 18.6. The molecule has 3 heterocycles. The molecule has 10 nitrogen and oxygen atoms in total. The van der Waals surface area contributed by atoms with Crippen LogP contribution in [-0.4, -0.2) is 69.4 Å². The Morgan fingerprint density at radius 2 is 2.04 bits per heavy atom. The molecule has 0 saturated carbocycles. The number of ether oxygens (including phenoxy) is 1. The number of rotatable bonds is 7. The van der Waals surface area contributed by atoms with Gasteiger partial charge in [-0.15, -0.1) is 0 Å². The van der Waals surface area contributed by atoms with Crippen LogP contribution in [0.4, 0.5) is 10.6 Å². The molecule has 0 spiro atoms. The monoisotopic (exact) mass is 373 g/mol. The van der Waals surface area contributed by atoms with Crippen molar-refractivity contribution in [3.63, 3.8) is 0 Å². The van der Waals surface area contributed by atoms with Crippen LogP contribution in [0.2, 0.25) is 0 Å². The second-order valence-electron chi connectivity index (χ2n) is 6.31. The summed E-state index contributed by atoms with van der Waals surface area (Å²) >= 11 is 0. The molecule has 0 aromatic carbocycles. The molecule has 0 atom stereocenters. The Morgan fingerprint density at radius 1 is 1.22 bits per heavy atom. The van der Waals surface area contributed by atoms with Crippen molar-refractivity contribution >= 4 is 17.8 Å². The van der Waals surface area contributed by atoms with Crippen LogP contribution in [0.1, 0.15) is 17.2 Å². The third-order valence-electron chi connectivity index (χ3n) is 3.98. The minimum Gasteiger partial charge on any atom is -0.448 e. The largest absolute Gasteiger partial charge is 0.448 e. The van der Waals surface area contributed by atoms with Gasteiger partial charge in [-0.1, -0.05) is 0 Å². The lowest BCUT2D eigenvalue weighted by atomic mass is 10.4. The highest BCUT2D eigenvalue weighted by Gasteiger charge is 2.23. The lowest BCUT2D eigenvalue weighted by Crippen LogP contribution is -2.39. The molecule has 1 aliphatic heterocycles. The zero-order valence-electron chi connectivity index (χ0n) is 15.7. The Hall–Kier alpha value is -3.17. The van der Waals surface area contributed by atoms with Crippen LogP contribution < -0.4 is 10.6 Å². The van der Waals surface area contributed by atoms with Gasteiger partial charge in [0.05, 0.1) is 12.2 Å². The van der Waals surface area contributed by atoms with Crippen LogP contribution in [0.15, 0.2) is 12.1 Å². The number of amides is 2. The van der Waals surface area contributed by atoms with Crippen molar-refractivity contribution in [3.8, 4) is 5.82 Å². The van der Waals surface area contributed by atoms with Crippen molar-refractivity contribution < 1.29 is 14.3 Å². The van der Waals surface area contributed by atoms with E-state index >= 15 is 0 Å². The molecule has 2 aromatic rings. The molecule has 0 bridgehead atoms. The smallest absolute Gasteiger partial charge is 0.410 e. The summed E-state index contributed by atoms with van der Waals surface area (Å²) in [6.45, 7) is 7.39. The predicted molar refractivity (Wildman–Crippen MR) is 97.8 cm³/mol. The molecular weight excluding hydrogens is 350 g/mol. The summed E-state index contributed by atoms with van der Waals surface area (Å²) in [5.41, 5.74) is 1.91. The van der Waals surface area contributed by atoms with Crippen LogP contribution in [0, 0.1) is 20.8 Å². The number of nitrogens with one attached hydrogen (secondary N) is 2. The maximum absolute atomic E-state index is 11.9. The second kappa shape index (κ2) is 8.02. The Balaban J connectivity index is 1.51. The quantitative estimate of drug-likeness (QED) is 0.682. The Bertz CT molecular complexity index is 849. The molecule has 0 radical (unpaired) electrons. The van der Waals surface area contributed by atoms with E-state index in [0.717, 1.165) is 11.4 Å². The van der Waals surface area contributed by atoms with Gasteiger partial charge >= 0.3 is 6.09 Å². The fourth-order valence-electron chi connectivity index (χ4n) is 2.80. The number of carbonyl (C=O) groups excluding carboxylic acids is 2. The van der Waals surface area contributed by atoms with E-state index in [1.165, 1.54) is 4.90 Å². The van der Waals surface area contributed by atoms with E-state index in [2.05, 4.69) is 25.7 Å². The Labute approximate surface area is 156 Å². The zero-order chi connectivity index (χ0) is 19.4. The summed E-state index contributed by atoms with van der Waals surface area (Å²) in [6, 6.07) is 3.80. The minimum atomic E-state index is -0.448. The number of aryl methyl sites for hydroxylation is 3. The molecule has 2 N–H and O–H groups in total. The van der Waals surface area contributed by atoms with Gasteiger partial charge in [0.25, 0.3) is 0 Å². The summed E-state index contributed by atoms with van der Waals surface area (Å²) in [6.07, 6.45) is -0.448. The first-order valence-electron chi connectivity index (χ1n) is 8.74. The number of aromatic nitrogens is 4. The molecule has 2 aromatic heterocycles. The van der Waals surface area contributed by atoms with Gasteiger partial charge in [0, 0.05) is 24.8 Å². The van der Waals surface area contributed by atoms with Crippen LogP contribution in [-0.2, 0) is 9.53 Å². The van der Waals surface area contributed by atoms with Crippen LogP contribution in [0.25, 0.3) is 5.82 Å². The number of hydrogen-bond donors (Lipinski definition) is 2. The first-order valence-corrected chi connectivity index (χ1v) is 8.74. The first-order chi connectivity index (χ1) is 12.9. The average Bonchev–Trinajstić information content (AvgIpc) is 3.16. The molecule has 144 valence electrons. The maximum Gasteiger partial charge on any atom is 0.410 e. The van der Waals surface area contributed by atoms with Gasteiger partial charge < -0.3 is 15.4 Å². The van der Waals surface area contributed by atoms with E-state index in [9.17, 15) is 9.59 Å². The number of anilines is 1. The van der Waals surface area contributed by atoms with Crippen molar-refractivity contribution in [2.24, 2.45) is 0 Å². The molecule has 27 heavy (non-hydrogen) atoms. The predicted octanol–water partition coefficient (Wildman–Crippen LogP) is 0.568. The number of cyclic esters (lactones) is 1. The Morgan fingerprint density at radius 3 is 2.70 bits per heavy atom. The van der Waals surface area contributed by atoms with E-state index < -0.39 is 6.09 Å². The van der Waals surface area contributed by atoms with Crippen molar-refractivity contribution in [2.45, 2.75) is 20.8 Å². The molecule has 1 saturated heterocycles. The summed E-state index contributed by atoms with van der Waals surface area (Å²) in [5.74, 6) is 1.74. The summed E-state index contributed by atoms with van der Waals surface area (Å²) < 4.78 is 6.56. The fraction of sp³-hybridized carbons (Fsp3) is 0.471. The van der Waals surface area contributed by atoms with E-state index in [4.69, 9.17) is 4.74 Å². The molecule has 2 amide bonds. The number of hydrogen-bond acceptors (Lipinski definition) is 7. The van der Waals surface area contributed by atoms with Crippen molar-refractivity contribution in [3.05, 3.63) is 29.3 Å². The highest BCUT2D eigenvalue weighted by molar-refractivity contribution is 5.82. The maximum atomic E-state index is 11.9. The third kappa shape index (κ3) is 4.72. The third-order valence-corrected chi connectivity index (χ3v) is 3.98. The molecule has 10 heteroatoms. The van der Waals surface area contributed by atoms with E-state index in [0.29, 0.717) is 43.7 Å². The Kier molecular flexibility index (Phi) is 5.53. The lowest BCUT2D eigenvalue weighted by molar-refractivity contribution is -0.121.